The second-order valence-corrected chi connectivity index (χ2v) is 9.10. The van der Waals surface area contributed by atoms with Gasteiger partial charge in [-0.05, 0) is 43.7 Å². The summed E-state index contributed by atoms with van der Waals surface area (Å²) in [6.07, 6.45) is -4.22. The van der Waals surface area contributed by atoms with E-state index in [0.717, 1.165) is 11.8 Å². The van der Waals surface area contributed by atoms with Crippen LogP contribution in [0.2, 0.25) is 0 Å². The highest BCUT2D eigenvalue weighted by Crippen LogP contribution is 2.67. The van der Waals surface area contributed by atoms with E-state index in [0.29, 0.717) is 18.8 Å². The first-order valence-corrected chi connectivity index (χ1v) is 10.3. The normalized spacial score (nSPS) is 25.4. The van der Waals surface area contributed by atoms with E-state index in [4.69, 9.17) is 5.73 Å². The lowest BCUT2D eigenvalue weighted by atomic mass is 9.83. The summed E-state index contributed by atoms with van der Waals surface area (Å²) >= 11 is 0. The van der Waals surface area contributed by atoms with E-state index in [2.05, 4.69) is 23.9 Å². The standard InChI is InChI=1S/C21H26F3N5O2/c1-10(2)20(14-8-28(19(30)31)9-15(14)20)17-6-16(27-29(17)11(3)4)12-5-13(21(22,23)24)18(25)26-7-12/h5-7,10-11,14-15H,8-9H2,1-4H3,(H2,25,26)(H,30,31)/t14-,15+,20+. The van der Waals surface area contributed by atoms with Crippen LogP contribution in [0.5, 0.6) is 0 Å². The quantitative estimate of drug-likeness (QED) is 0.745. The molecule has 7 nitrogen and oxygen atoms in total. The van der Waals surface area contributed by atoms with Gasteiger partial charge in [0.05, 0.1) is 11.3 Å². The number of likely N-dealkylation sites (tertiary alicyclic amines) is 1. The molecule has 10 heteroatoms. The molecule has 3 N–H and O–H groups in total. The molecule has 31 heavy (non-hydrogen) atoms. The Kier molecular flexibility index (Phi) is 4.75. The van der Waals surface area contributed by atoms with Crippen molar-refractivity contribution in [2.75, 3.05) is 18.8 Å². The summed E-state index contributed by atoms with van der Waals surface area (Å²) in [4.78, 5) is 16.6. The van der Waals surface area contributed by atoms with Gasteiger partial charge in [0.1, 0.15) is 5.82 Å². The van der Waals surface area contributed by atoms with Crippen LogP contribution >= 0.6 is 0 Å². The van der Waals surface area contributed by atoms with Crippen molar-refractivity contribution in [2.45, 2.75) is 45.3 Å². The lowest BCUT2D eigenvalue weighted by molar-refractivity contribution is -0.137. The van der Waals surface area contributed by atoms with Gasteiger partial charge in [-0.3, -0.25) is 4.68 Å². The average molecular weight is 437 g/mol. The molecule has 0 spiro atoms. The fourth-order valence-corrected chi connectivity index (χ4v) is 5.45. The predicted molar refractivity (Wildman–Crippen MR) is 108 cm³/mol. The molecule has 1 amide bonds. The molecule has 2 fully saturated rings. The van der Waals surface area contributed by atoms with Gasteiger partial charge in [-0.15, -0.1) is 0 Å². The number of amides is 1. The lowest BCUT2D eigenvalue weighted by Gasteiger charge is -2.30. The highest BCUT2D eigenvalue weighted by atomic mass is 19.4. The van der Waals surface area contributed by atoms with Crippen molar-refractivity contribution >= 4 is 11.9 Å². The molecule has 0 radical (unpaired) electrons. The smallest absolute Gasteiger partial charge is 0.419 e. The van der Waals surface area contributed by atoms with E-state index in [-0.39, 0.29) is 34.8 Å². The van der Waals surface area contributed by atoms with E-state index in [1.54, 1.807) is 0 Å². The molecule has 3 heterocycles. The van der Waals surface area contributed by atoms with Crippen LogP contribution in [0.3, 0.4) is 0 Å². The summed E-state index contributed by atoms with van der Waals surface area (Å²) in [5.41, 5.74) is 5.81. The number of hydrogen-bond donors (Lipinski definition) is 2. The first-order chi connectivity index (χ1) is 14.4. The number of nitrogen functional groups attached to an aromatic ring is 1. The van der Waals surface area contributed by atoms with Crippen molar-refractivity contribution in [3.8, 4) is 11.3 Å². The SMILES string of the molecule is CC(C)n1nc(-c2cnc(N)c(C(F)(F)F)c2)cc1[C@@]1(C(C)C)[C@@H]2CN(C(=O)O)C[C@@H]21. The van der Waals surface area contributed by atoms with Crippen LogP contribution in [0.4, 0.5) is 23.8 Å². The van der Waals surface area contributed by atoms with Gasteiger partial charge in [0.15, 0.2) is 0 Å². The average Bonchev–Trinajstić information content (AvgIpc) is 3.03. The summed E-state index contributed by atoms with van der Waals surface area (Å²) < 4.78 is 41.8. The third kappa shape index (κ3) is 3.14. The largest absolute Gasteiger partial charge is 0.465 e. The molecule has 0 aromatic carbocycles. The Morgan fingerprint density at radius 3 is 2.32 bits per heavy atom. The number of nitrogens with two attached hydrogens (primary N) is 1. The van der Waals surface area contributed by atoms with Crippen molar-refractivity contribution < 1.29 is 23.1 Å². The number of anilines is 1. The Balaban J connectivity index is 1.79. The minimum atomic E-state index is -4.61. The van der Waals surface area contributed by atoms with E-state index in [9.17, 15) is 23.1 Å². The molecule has 1 saturated carbocycles. The maximum Gasteiger partial charge on any atom is 0.419 e. The Bertz CT molecular complexity index is 1020. The monoisotopic (exact) mass is 437 g/mol. The first-order valence-electron chi connectivity index (χ1n) is 10.3. The van der Waals surface area contributed by atoms with Crippen LogP contribution in [0.15, 0.2) is 18.3 Å². The minimum absolute atomic E-state index is 0.0138. The van der Waals surface area contributed by atoms with Gasteiger partial charge in [0.25, 0.3) is 0 Å². The number of alkyl halides is 3. The van der Waals surface area contributed by atoms with Crippen molar-refractivity contribution in [2.24, 2.45) is 17.8 Å². The number of halogens is 3. The van der Waals surface area contributed by atoms with E-state index >= 15 is 0 Å². The van der Waals surface area contributed by atoms with Crippen molar-refractivity contribution in [3.05, 3.63) is 29.6 Å². The summed E-state index contributed by atoms with van der Waals surface area (Å²) in [6.45, 7) is 9.06. The topological polar surface area (TPSA) is 97.3 Å². The maximum absolute atomic E-state index is 13.3. The minimum Gasteiger partial charge on any atom is -0.465 e. The number of pyridine rings is 1. The molecule has 0 bridgehead atoms. The highest BCUT2D eigenvalue weighted by Gasteiger charge is 2.71. The van der Waals surface area contributed by atoms with Gasteiger partial charge in [-0.2, -0.15) is 18.3 Å². The number of carbonyl (C=O) groups is 1. The first kappa shape index (κ1) is 21.5. The lowest BCUT2D eigenvalue weighted by Crippen LogP contribution is -2.37. The van der Waals surface area contributed by atoms with Crippen LogP contribution in [0, 0.1) is 17.8 Å². The molecule has 2 aromatic heterocycles. The molecule has 2 aliphatic rings. The number of carboxylic acid groups (broad SMARTS) is 1. The highest BCUT2D eigenvalue weighted by molar-refractivity contribution is 5.67. The van der Waals surface area contributed by atoms with Crippen LogP contribution in [0.1, 0.15) is 45.0 Å². The van der Waals surface area contributed by atoms with Crippen LogP contribution in [0.25, 0.3) is 11.3 Å². The zero-order valence-electron chi connectivity index (χ0n) is 17.8. The van der Waals surface area contributed by atoms with Gasteiger partial charge in [-0.25, -0.2) is 9.78 Å². The Morgan fingerprint density at radius 1 is 1.23 bits per heavy atom. The molecule has 3 atom stereocenters. The molecular weight excluding hydrogens is 411 g/mol. The fourth-order valence-electron chi connectivity index (χ4n) is 5.45. The number of piperidine rings is 1. The molecule has 1 aliphatic carbocycles. The molecular formula is C21H26F3N5O2. The van der Waals surface area contributed by atoms with Gasteiger partial charge in [0.2, 0.25) is 0 Å². The number of aromatic nitrogens is 3. The third-order valence-electron chi connectivity index (χ3n) is 6.85. The van der Waals surface area contributed by atoms with Gasteiger partial charge < -0.3 is 15.7 Å². The number of hydrogen-bond acceptors (Lipinski definition) is 4. The summed E-state index contributed by atoms with van der Waals surface area (Å²) in [7, 11) is 0. The Morgan fingerprint density at radius 2 is 1.84 bits per heavy atom. The summed E-state index contributed by atoms with van der Waals surface area (Å²) in [5.74, 6) is -0.0125. The van der Waals surface area contributed by atoms with Crippen molar-refractivity contribution in [3.63, 3.8) is 0 Å². The van der Waals surface area contributed by atoms with E-state index in [1.807, 2.05) is 24.6 Å². The van der Waals surface area contributed by atoms with Gasteiger partial charge >= 0.3 is 12.3 Å². The number of nitrogens with zero attached hydrogens (tertiary/aromatic N) is 4. The number of rotatable bonds is 4. The second-order valence-electron chi connectivity index (χ2n) is 9.10. The zero-order valence-corrected chi connectivity index (χ0v) is 17.8. The molecule has 1 saturated heterocycles. The zero-order chi connectivity index (χ0) is 22.9. The van der Waals surface area contributed by atoms with Crippen molar-refractivity contribution in [1.29, 1.82) is 0 Å². The van der Waals surface area contributed by atoms with Crippen LogP contribution in [-0.4, -0.2) is 44.0 Å². The molecule has 4 rings (SSSR count). The van der Waals surface area contributed by atoms with Crippen LogP contribution < -0.4 is 5.73 Å². The third-order valence-corrected chi connectivity index (χ3v) is 6.85. The summed E-state index contributed by atoms with van der Waals surface area (Å²) in [6, 6.07) is 2.82. The van der Waals surface area contributed by atoms with E-state index < -0.39 is 23.7 Å². The number of fused-ring (bicyclic) bond motifs is 1. The van der Waals surface area contributed by atoms with Crippen LogP contribution in [-0.2, 0) is 11.6 Å². The Labute approximate surface area is 178 Å². The van der Waals surface area contributed by atoms with Crippen molar-refractivity contribution in [1.82, 2.24) is 19.7 Å². The molecule has 1 aliphatic heterocycles. The fraction of sp³-hybridized carbons (Fsp3) is 0.571. The molecule has 2 aromatic rings. The van der Waals surface area contributed by atoms with E-state index in [1.165, 1.54) is 11.1 Å². The van der Waals surface area contributed by atoms with Gasteiger partial charge in [0, 0.05) is 42.0 Å². The predicted octanol–water partition coefficient (Wildman–Crippen LogP) is 4.26. The second kappa shape index (κ2) is 6.86. The van der Waals surface area contributed by atoms with Gasteiger partial charge in [-0.1, -0.05) is 13.8 Å². The maximum atomic E-state index is 13.3. The Hall–Kier alpha value is -2.78. The molecule has 0 unspecified atom stereocenters. The molecule has 168 valence electrons. The summed E-state index contributed by atoms with van der Waals surface area (Å²) in [5, 5.41) is 14.0.